The van der Waals surface area contributed by atoms with Gasteiger partial charge in [-0.05, 0) is 56.9 Å². The van der Waals surface area contributed by atoms with Crippen LogP contribution in [0.4, 0.5) is 0 Å². The maximum absolute atomic E-state index is 6.12. The summed E-state index contributed by atoms with van der Waals surface area (Å²) >= 11 is 0. The minimum atomic E-state index is 0.518. The molecule has 86 valence electrons. The van der Waals surface area contributed by atoms with Crippen molar-refractivity contribution >= 4 is 0 Å². The van der Waals surface area contributed by atoms with E-state index in [9.17, 15) is 0 Å². The average molecular weight is 208 g/mol. The number of nitrogens with two attached hydrogens (primary N) is 1. The Kier molecular flexibility index (Phi) is 2.73. The van der Waals surface area contributed by atoms with Crippen molar-refractivity contribution in [2.45, 2.75) is 57.0 Å². The van der Waals surface area contributed by atoms with Gasteiger partial charge in [0.1, 0.15) is 0 Å². The lowest BCUT2D eigenvalue weighted by molar-refractivity contribution is 0.196. The fraction of sp³-hybridized carbons (Fsp3) is 1.00. The van der Waals surface area contributed by atoms with Gasteiger partial charge in [-0.25, -0.2) is 0 Å². The second-order valence-corrected chi connectivity index (χ2v) is 5.97. The van der Waals surface area contributed by atoms with Crippen molar-refractivity contribution in [3.8, 4) is 0 Å². The summed E-state index contributed by atoms with van der Waals surface area (Å²) in [6.07, 6.45) is 9.88. The number of fused-ring (bicyclic) bond motifs is 2. The predicted octanol–water partition coefficient (Wildman–Crippen LogP) is 1.99. The first-order valence-corrected chi connectivity index (χ1v) is 6.82. The number of rotatable bonds is 3. The quantitative estimate of drug-likeness (QED) is 0.768. The molecule has 1 saturated heterocycles. The number of hydrogen-bond donors (Lipinski definition) is 1. The normalized spacial score (nSPS) is 45.4. The molecule has 15 heavy (non-hydrogen) atoms. The summed E-state index contributed by atoms with van der Waals surface area (Å²) < 4.78 is 0. The zero-order chi connectivity index (χ0) is 10.3. The molecule has 0 radical (unpaired) electrons. The van der Waals surface area contributed by atoms with Crippen molar-refractivity contribution in [2.75, 3.05) is 13.1 Å². The van der Waals surface area contributed by atoms with Crippen LogP contribution in [0.5, 0.6) is 0 Å². The number of piperidine rings is 1. The van der Waals surface area contributed by atoms with Crippen molar-refractivity contribution in [2.24, 2.45) is 17.6 Å². The smallest absolute Gasteiger partial charge is 0.00985 e. The van der Waals surface area contributed by atoms with Gasteiger partial charge in [0.25, 0.3) is 0 Å². The molecule has 4 atom stereocenters. The lowest BCUT2D eigenvalue weighted by Crippen LogP contribution is -2.35. The minimum absolute atomic E-state index is 0.518. The van der Waals surface area contributed by atoms with E-state index in [0.717, 1.165) is 17.9 Å². The molecule has 2 bridgehead atoms. The molecule has 2 N–H and O–H groups in total. The lowest BCUT2D eigenvalue weighted by atomic mass is 9.99. The van der Waals surface area contributed by atoms with E-state index >= 15 is 0 Å². The van der Waals surface area contributed by atoms with E-state index in [1.54, 1.807) is 0 Å². The van der Waals surface area contributed by atoms with E-state index in [2.05, 4.69) is 4.90 Å². The van der Waals surface area contributed by atoms with Crippen LogP contribution < -0.4 is 5.73 Å². The molecule has 0 spiro atoms. The summed E-state index contributed by atoms with van der Waals surface area (Å²) in [7, 11) is 0. The molecule has 0 aromatic carbocycles. The molecular weight excluding hydrogens is 184 g/mol. The average Bonchev–Trinajstić information content (AvgIpc) is 2.90. The zero-order valence-corrected chi connectivity index (χ0v) is 9.70. The Morgan fingerprint density at radius 2 is 2.07 bits per heavy atom. The fourth-order valence-electron chi connectivity index (χ4n) is 4.06. The first-order chi connectivity index (χ1) is 7.33. The van der Waals surface area contributed by atoms with Crippen LogP contribution in [0.25, 0.3) is 0 Å². The summed E-state index contributed by atoms with van der Waals surface area (Å²) in [5.74, 6) is 1.89. The van der Waals surface area contributed by atoms with Crippen LogP contribution in [0.2, 0.25) is 0 Å². The largest absolute Gasteiger partial charge is 0.327 e. The van der Waals surface area contributed by atoms with Crippen LogP contribution >= 0.6 is 0 Å². The van der Waals surface area contributed by atoms with Gasteiger partial charge in [-0.2, -0.15) is 0 Å². The van der Waals surface area contributed by atoms with Gasteiger partial charge in [-0.3, -0.25) is 0 Å². The summed E-state index contributed by atoms with van der Waals surface area (Å²) in [5, 5.41) is 0. The standard InChI is InChI=1S/C13H24N2/c14-13-3-1-2-11(13)6-7-15-9-10-4-5-12(15)8-10/h10-13H,1-9,14H2. The van der Waals surface area contributed by atoms with Gasteiger partial charge in [0.05, 0.1) is 0 Å². The maximum Gasteiger partial charge on any atom is 0.00985 e. The third kappa shape index (κ3) is 1.94. The summed E-state index contributed by atoms with van der Waals surface area (Å²) in [6, 6.07) is 1.47. The number of nitrogens with zero attached hydrogens (tertiary/aromatic N) is 1. The van der Waals surface area contributed by atoms with Crippen LogP contribution in [0, 0.1) is 11.8 Å². The third-order valence-electron chi connectivity index (χ3n) is 5.03. The topological polar surface area (TPSA) is 29.3 Å². The van der Waals surface area contributed by atoms with Gasteiger partial charge in [0.2, 0.25) is 0 Å². The summed E-state index contributed by atoms with van der Waals surface area (Å²) in [5.41, 5.74) is 6.12. The minimum Gasteiger partial charge on any atom is -0.327 e. The first kappa shape index (κ1) is 10.1. The maximum atomic E-state index is 6.12. The second-order valence-electron chi connectivity index (χ2n) is 5.97. The summed E-state index contributed by atoms with van der Waals surface area (Å²) in [6.45, 7) is 2.73. The monoisotopic (exact) mass is 208 g/mol. The Morgan fingerprint density at radius 1 is 1.13 bits per heavy atom. The van der Waals surface area contributed by atoms with E-state index in [1.165, 1.54) is 58.0 Å². The fourth-order valence-corrected chi connectivity index (χ4v) is 4.06. The molecule has 3 fully saturated rings. The van der Waals surface area contributed by atoms with Gasteiger partial charge >= 0.3 is 0 Å². The SMILES string of the molecule is NC1CCCC1CCN1CC2CCC1C2. The van der Waals surface area contributed by atoms with Gasteiger partial charge in [0.15, 0.2) is 0 Å². The van der Waals surface area contributed by atoms with E-state index in [4.69, 9.17) is 5.73 Å². The molecule has 2 nitrogen and oxygen atoms in total. The molecule has 0 aromatic rings. The second kappa shape index (κ2) is 4.06. The van der Waals surface area contributed by atoms with Crippen LogP contribution in [0.15, 0.2) is 0 Å². The molecule has 3 aliphatic rings. The van der Waals surface area contributed by atoms with E-state index in [-0.39, 0.29) is 0 Å². The van der Waals surface area contributed by atoms with Crippen LogP contribution in [-0.4, -0.2) is 30.1 Å². The number of hydrogen-bond acceptors (Lipinski definition) is 2. The van der Waals surface area contributed by atoms with Crippen LogP contribution in [0.1, 0.15) is 44.9 Å². The zero-order valence-electron chi connectivity index (χ0n) is 9.70. The molecule has 0 aromatic heterocycles. The molecule has 0 amide bonds. The first-order valence-electron chi connectivity index (χ1n) is 6.82. The van der Waals surface area contributed by atoms with Gasteiger partial charge in [-0.15, -0.1) is 0 Å². The molecule has 1 aliphatic heterocycles. The number of likely N-dealkylation sites (tertiary alicyclic amines) is 1. The molecule has 2 aliphatic carbocycles. The Bertz CT molecular complexity index is 229. The molecule has 4 unspecified atom stereocenters. The van der Waals surface area contributed by atoms with Crippen LogP contribution in [0.3, 0.4) is 0 Å². The van der Waals surface area contributed by atoms with Crippen molar-refractivity contribution < 1.29 is 0 Å². The van der Waals surface area contributed by atoms with Gasteiger partial charge in [-0.1, -0.05) is 6.42 Å². The Morgan fingerprint density at radius 3 is 2.67 bits per heavy atom. The molecular formula is C13H24N2. The lowest BCUT2D eigenvalue weighted by Gasteiger charge is -2.28. The highest BCUT2D eigenvalue weighted by molar-refractivity contribution is 4.92. The van der Waals surface area contributed by atoms with Gasteiger partial charge in [0, 0.05) is 18.6 Å². The van der Waals surface area contributed by atoms with E-state index in [0.29, 0.717) is 6.04 Å². The Labute approximate surface area is 93.2 Å². The highest BCUT2D eigenvalue weighted by Gasteiger charge is 2.37. The van der Waals surface area contributed by atoms with Gasteiger partial charge < -0.3 is 10.6 Å². The van der Waals surface area contributed by atoms with E-state index < -0.39 is 0 Å². The van der Waals surface area contributed by atoms with Crippen molar-refractivity contribution in [1.82, 2.24) is 4.90 Å². The van der Waals surface area contributed by atoms with Crippen molar-refractivity contribution in [1.29, 1.82) is 0 Å². The highest BCUT2D eigenvalue weighted by atomic mass is 15.2. The molecule has 2 heteroatoms. The molecule has 2 saturated carbocycles. The molecule has 1 heterocycles. The van der Waals surface area contributed by atoms with Crippen molar-refractivity contribution in [3.63, 3.8) is 0 Å². The Hall–Kier alpha value is -0.0800. The van der Waals surface area contributed by atoms with Crippen molar-refractivity contribution in [3.05, 3.63) is 0 Å². The Balaban J connectivity index is 1.46. The van der Waals surface area contributed by atoms with E-state index in [1.807, 2.05) is 0 Å². The highest BCUT2D eigenvalue weighted by Crippen LogP contribution is 2.38. The summed E-state index contributed by atoms with van der Waals surface area (Å²) in [4.78, 5) is 2.75. The van der Waals surface area contributed by atoms with Crippen LogP contribution in [-0.2, 0) is 0 Å². The predicted molar refractivity (Wildman–Crippen MR) is 62.6 cm³/mol. The molecule has 3 rings (SSSR count). The third-order valence-corrected chi connectivity index (χ3v) is 5.03.